The zero-order chi connectivity index (χ0) is 12.4. The summed E-state index contributed by atoms with van der Waals surface area (Å²) in [5, 5.41) is 10.7. The summed E-state index contributed by atoms with van der Waals surface area (Å²) >= 11 is 2.66. The Bertz CT molecular complexity index is 479. The molecule has 0 fully saturated rings. The van der Waals surface area contributed by atoms with Gasteiger partial charge < -0.3 is 5.11 Å². The van der Waals surface area contributed by atoms with Crippen molar-refractivity contribution in [2.24, 2.45) is 0 Å². The van der Waals surface area contributed by atoms with Gasteiger partial charge in [-0.2, -0.15) is 0 Å². The number of likely N-dealkylation sites (N-methyl/N-ethyl adjacent to an activating group) is 1. The molecule has 0 saturated carbocycles. The van der Waals surface area contributed by atoms with Crippen LogP contribution in [0.25, 0.3) is 5.57 Å². The third-order valence-electron chi connectivity index (χ3n) is 2.35. The molecule has 0 radical (unpaired) electrons. The van der Waals surface area contributed by atoms with Crippen LogP contribution in [0.3, 0.4) is 0 Å². The number of aliphatic hydroxyl groups is 1. The average Bonchev–Trinajstić information content (AvgIpc) is 2.90. The SMILES string of the molecule is CN1C(=O)C(SCCO)=C(c2cccs2)C1=O. The topological polar surface area (TPSA) is 57.6 Å². The Labute approximate surface area is 107 Å². The fourth-order valence-corrected chi connectivity index (χ4v) is 3.27. The van der Waals surface area contributed by atoms with E-state index in [1.165, 1.54) is 30.1 Å². The number of nitrogens with zero attached hydrogens (tertiary/aromatic N) is 1. The Morgan fingerprint density at radius 3 is 2.76 bits per heavy atom. The van der Waals surface area contributed by atoms with Crippen LogP contribution in [-0.2, 0) is 9.59 Å². The summed E-state index contributed by atoms with van der Waals surface area (Å²) in [4.78, 5) is 26.2. The first kappa shape index (κ1) is 12.3. The van der Waals surface area contributed by atoms with Crippen LogP contribution in [-0.4, -0.2) is 41.2 Å². The number of thiophene rings is 1. The number of hydrogen-bond donors (Lipinski definition) is 1. The maximum absolute atomic E-state index is 12.0. The molecule has 1 aliphatic heterocycles. The van der Waals surface area contributed by atoms with Crippen molar-refractivity contribution in [2.45, 2.75) is 0 Å². The number of amides is 2. The minimum Gasteiger partial charge on any atom is -0.396 e. The molecule has 0 unspecified atom stereocenters. The highest BCUT2D eigenvalue weighted by molar-refractivity contribution is 8.04. The van der Waals surface area contributed by atoms with E-state index in [1.807, 2.05) is 17.5 Å². The Hall–Kier alpha value is -1.11. The zero-order valence-corrected chi connectivity index (χ0v) is 10.8. The molecule has 0 aromatic carbocycles. The van der Waals surface area contributed by atoms with Crippen molar-refractivity contribution >= 4 is 40.5 Å². The van der Waals surface area contributed by atoms with Gasteiger partial charge in [0.15, 0.2) is 0 Å². The van der Waals surface area contributed by atoms with Crippen LogP contribution in [0.4, 0.5) is 0 Å². The fourth-order valence-electron chi connectivity index (χ4n) is 1.54. The molecule has 0 bridgehead atoms. The Balaban J connectivity index is 2.43. The molecule has 1 aromatic rings. The van der Waals surface area contributed by atoms with Crippen molar-refractivity contribution in [3.63, 3.8) is 0 Å². The van der Waals surface area contributed by atoms with Crippen LogP contribution in [0, 0.1) is 0 Å². The minimum atomic E-state index is -0.281. The van der Waals surface area contributed by atoms with E-state index < -0.39 is 0 Å². The lowest BCUT2D eigenvalue weighted by Crippen LogP contribution is -2.26. The zero-order valence-electron chi connectivity index (χ0n) is 9.17. The van der Waals surface area contributed by atoms with Gasteiger partial charge in [-0.15, -0.1) is 23.1 Å². The molecule has 90 valence electrons. The van der Waals surface area contributed by atoms with E-state index in [-0.39, 0.29) is 18.4 Å². The maximum Gasteiger partial charge on any atom is 0.267 e. The summed E-state index contributed by atoms with van der Waals surface area (Å²) in [5.74, 6) is -0.133. The summed E-state index contributed by atoms with van der Waals surface area (Å²) in [5.41, 5.74) is 0.464. The highest BCUT2D eigenvalue weighted by Crippen LogP contribution is 2.36. The van der Waals surface area contributed by atoms with Gasteiger partial charge >= 0.3 is 0 Å². The van der Waals surface area contributed by atoms with Gasteiger partial charge in [0.05, 0.1) is 17.1 Å². The molecule has 0 aliphatic carbocycles. The van der Waals surface area contributed by atoms with Crippen LogP contribution < -0.4 is 0 Å². The van der Waals surface area contributed by atoms with Gasteiger partial charge in [-0.3, -0.25) is 14.5 Å². The predicted molar refractivity (Wildman–Crippen MR) is 68.6 cm³/mol. The molecule has 17 heavy (non-hydrogen) atoms. The Morgan fingerprint density at radius 2 is 2.18 bits per heavy atom. The molecule has 4 nitrogen and oxygen atoms in total. The van der Waals surface area contributed by atoms with Crippen LogP contribution in [0.2, 0.25) is 0 Å². The van der Waals surface area contributed by atoms with Crippen LogP contribution >= 0.6 is 23.1 Å². The van der Waals surface area contributed by atoms with Crippen molar-refractivity contribution in [1.82, 2.24) is 4.90 Å². The van der Waals surface area contributed by atoms with Crippen molar-refractivity contribution in [1.29, 1.82) is 0 Å². The summed E-state index contributed by atoms with van der Waals surface area (Å²) in [6, 6.07) is 3.67. The van der Waals surface area contributed by atoms with E-state index >= 15 is 0 Å². The normalized spacial score (nSPS) is 16.2. The maximum atomic E-state index is 12.0. The average molecular weight is 269 g/mol. The second kappa shape index (κ2) is 5.03. The lowest BCUT2D eigenvalue weighted by atomic mass is 10.2. The number of aliphatic hydroxyl groups excluding tert-OH is 1. The minimum absolute atomic E-state index is 0.0168. The molecule has 1 aromatic heterocycles. The van der Waals surface area contributed by atoms with Gasteiger partial charge in [0.25, 0.3) is 11.8 Å². The van der Waals surface area contributed by atoms with Gasteiger partial charge in [-0.25, -0.2) is 0 Å². The number of thioether (sulfide) groups is 1. The Kier molecular flexibility index (Phi) is 3.66. The van der Waals surface area contributed by atoms with Crippen molar-refractivity contribution < 1.29 is 14.7 Å². The molecule has 2 heterocycles. The molecule has 0 atom stereocenters. The summed E-state index contributed by atoms with van der Waals surface area (Å²) in [7, 11) is 1.48. The summed E-state index contributed by atoms with van der Waals surface area (Å²) in [6.45, 7) is -0.0168. The van der Waals surface area contributed by atoms with E-state index in [0.29, 0.717) is 16.2 Å². The van der Waals surface area contributed by atoms with E-state index in [4.69, 9.17) is 5.11 Å². The number of carbonyl (C=O) groups excluding carboxylic acids is 2. The quantitative estimate of drug-likeness (QED) is 0.834. The van der Waals surface area contributed by atoms with Crippen molar-refractivity contribution in [2.75, 3.05) is 19.4 Å². The highest BCUT2D eigenvalue weighted by atomic mass is 32.2. The van der Waals surface area contributed by atoms with Crippen LogP contribution in [0.5, 0.6) is 0 Å². The molecule has 6 heteroatoms. The number of rotatable bonds is 4. The second-order valence-electron chi connectivity index (χ2n) is 3.42. The first-order valence-corrected chi connectivity index (χ1v) is 6.87. The number of carbonyl (C=O) groups is 2. The molecule has 0 spiro atoms. The lowest BCUT2D eigenvalue weighted by Gasteiger charge is -2.05. The first-order chi connectivity index (χ1) is 8.16. The molecular formula is C11H11NO3S2. The van der Waals surface area contributed by atoms with E-state index in [1.54, 1.807) is 0 Å². The van der Waals surface area contributed by atoms with Crippen molar-refractivity contribution in [3.05, 3.63) is 27.3 Å². The van der Waals surface area contributed by atoms with Crippen LogP contribution in [0.1, 0.15) is 4.88 Å². The summed E-state index contributed by atoms with van der Waals surface area (Å²) in [6.07, 6.45) is 0. The van der Waals surface area contributed by atoms with Gasteiger partial charge in [0.2, 0.25) is 0 Å². The smallest absolute Gasteiger partial charge is 0.267 e. The standard InChI is InChI=1S/C11H11NO3S2/c1-12-10(14)8(7-3-2-5-16-7)9(11(12)15)17-6-4-13/h2-3,5,13H,4,6H2,1H3. The lowest BCUT2D eigenvalue weighted by molar-refractivity contribution is -0.134. The number of imide groups is 1. The third-order valence-corrected chi connectivity index (χ3v) is 4.29. The molecule has 0 saturated heterocycles. The number of hydrogen-bond acceptors (Lipinski definition) is 5. The van der Waals surface area contributed by atoms with E-state index in [2.05, 4.69) is 0 Å². The molecule has 2 rings (SSSR count). The third kappa shape index (κ3) is 2.15. The molecule has 2 amide bonds. The molecular weight excluding hydrogens is 258 g/mol. The predicted octanol–water partition coefficient (Wildman–Crippen LogP) is 1.18. The van der Waals surface area contributed by atoms with Gasteiger partial charge in [-0.05, 0) is 11.4 Å². The molecule has 1 aliphatic rings. The largest absolute Gasteiger partial charge is 0.396 e. The van der Waals surface area contributed by atoms with Gasteiger partial charge in [0, 0.05) is 17.7 Å². The first-order valence-electron chi connectivity index (χ1n) is 5.01. The monoisotopic (exact) mass is 269 g/mol. The van der Waals surface area contributed by atoms with E-state index in [0.717, 1.165) is 9.78 Å². The van der Waals surface area contributed by atoms with Gasteiger partial charge in [0.1, 0.15) is 0 Å². The van der Waals surface area contributed by atoms with Crippen molar-refractivity contribution in [3.8, 4) is 0 Å². The fraction of sp³-hybridized carbons (Fsp3) is 0.273. The highest BCUT2D eigenvalue weighted by Gasteiger charge is 2.36. The molecule has 1 N–H and O–H groups in total. The van der Waals surface area contributed by atoms with Gasteiger partial charge in [-0.1, -0.05) is 6.07 Å². The van der Waals surface area contributed by atoms with E-state index in [9.17, 15) is 9.59 Å². The summed E-state index contributed by atoms with van der Waals surface area (Å²) < 4.78 is 0. The second-order valence-corrected chi connectivity index (χ2v) is 5.48. The van der Waals surface area contributed by atoms with Crippen LogP contribution in [0.15, 0.2) is 22.4 Å². The Morgan fingerprint density at radius 1 is 1.41 bits per heavy atom.